The average molecular weight is 215 g/mol. The van der Waals surface area contributed by atoms with Gasteiger partial charge in [-0.25, -0.2) is 0 Å². The minimum absolute atomic E-state index is 0.514. The Kier molecular flexibility index (Phi) is 3.42. The number of nitrogens with one attached hydrogen (secondary N) is 1. The van der Waals surface area contributed by atoms with E-state index in [2.05, 4.69) is 36.5 Å². The molecule has 0 fully saturated rings. The zero-order valence-corrected chi connectivity index (χ0v) is 9.73. The van der Waals surface area contributed by atoms with E-state index in [1.54, 1.807) is 12.5 Å². The first kappa shape index (κ1) is 11.0. The lowest BCUT2D eigenvalue weighted by Gasteiger charge is -2.10. The van der Waals surface area contributed by atoms with Gasteiger partial charge in [0.15, 0.2) is 0 Å². The lowest BCUT2D eigenvalue weighted by atomic mass is 10.0. The molecule has 0 aliphatic heterocycles. The summed E-state index contributed by atoms with van der Waals surface area (Å²) in [5.41, 5.74) is 3.69. The fourth-order valence-electron chi connectivity index (χ4n) is 1.72. The molecule has 2 rings (SSSR count). The predicted molar refractivity (Wildman–Crippen MR) is 66.4 cm³/mol. The summed E-state index contributed by atoms with van der Waals surface area (Å²) in [4.78, 5) is 0. The Morgan fingerprint density at radius 3 is 2.44 bits per heavy atom. The van der Waals surface area contributed by atoms with Crippen LogP contribution in [0.4, 0.5) is 0 Å². The van der Waals surface area contributed by atoms with Gasteiger partial charge in [0.25, 0.3) is 0 Å². The third-order valence-corrected chi connectivity index (χ3v) is 2.84. The summed E-state index contributed by atoms with van der Waals surface area (Å²) in [6.45, 7) is 2.18. The smallest absolute Gasteiger partial charge is 0.0980 e. The maximum Gasteiger partial charge on any atom is 0.0980 e. The fourth-order valence-corrected chi connectivity index (χ4v) is 1.72. The van der Waals surface area contributed by atoms with Gasteiger partial charge in [0, 0.05) is 11.6 Å². The molecule has 0 aliphatic carbocycles. The van der Waals surface area contributed by atoms with Crippen molar-refractivity contribution < 1.29 is 4.42 Å². The number of benzene rings is 1. The van der Waals surface area contributed by atoms with Crippen LogP contribution in [0.25, 0.3) is 11.1 Å². The summed E-state index contributed by atoms with van der Waals surface area (Å²) in [6, 6.07) is 11.1. The van der Waals surface area contributed by atoms with Crippen molar-refractivity contribution in [3.63, 3.8) is 0 Å². The van der Waals surface area contributed by atoms with Gasteiger partial charge in [0.1, 0.15) is 0 Å². The average Bonchev–Trinajstić information content (AvgIpc) is 2.83. The number of hydrogen-bond acceptors (Lipinski definition) is 2. The zero-order valence-electron chi connectivity index (χ0n) is 9.73. The van der Waals surface area contributed by atoms with Gasteiger partial charge >= 0.3 is 0 Å². The van der Waals surface area contributed by atoms with Crippen LogP contribution in [0.2, 0.25) is 0 Å². The minimum Gasteiger partial charge on any atom is -0.472 e. The van der Waals surface area contributed by atoms with Gasteiger partial charge in [-0.3, -0.25) is 0 Å². The number of likely N-dealkylation sites (N-methyl/N-ethyl adjacent to an activating group) is 1. The molecule has 2 aromatic rings. The molecule has 0 aliphatic rings. The van der Waals surface area contributed by atoms with Crippen LogP contribution in [0.5, 0.6) is 0 Å². The zero-order chi connectivity index (χ0) is 11.4. The van der Waals surface area contributed by atoms with Crippen molar-refractivity contribution in [2.24, 2.45) is 0 Å². The van der Waals surface area contributed by atoms with E-state index in [0.717, 1.165) is 12.0 Å². The molecule has 1 aromatic heterocycles. The first-order valence-corrected chi connectivity index (χ1v) is 5.58. The van der Waals surface area contributed by atoms with Gasteiger partial charge in [-0.2, -0.15) is 0 Å². The van der Waals surface area contributed by atoms with Crippen molar-refractivity contribution in [2.45, 2.75) is 19.4 Å². The Morgan fingerprint density at radius 2 is 1.88 bits per heavy atom. The third-order valence-electron chi connectivity index (χ3n) is 2.84. The van der Waals surface area contributed by atoms with Crippen LogP contribution < -0.4 is 5.32 Å². The highest BCUT2D eigenvalue weighted by molar-refractivity contribution is 5.62. The number of furan rings is 1. The van der Waals surface area contributed by atoms with Crippen molar-refractivity contribution in [1.82, 2.24) is 5.32 Å². The fraction of sp³-hybridized carbons (Fsp3) is 0.286. The second-order valence-corrected chi connectivity index (χ2v) is 4.10. The van der Waals surface area contributed by atoms with Crippen molar-refractivity contribution in [1.29, 1.82) is 0 Å². The lowest BCUT2D eigenvalue weighted by Crippen LogP contribution is -2.23. The summed E-state index contributed by atoms with van der Waals surface area (Å²) < 4.78 is 5.07. The molecule has 0 amide bonds. The first-order chi connectivity index (χ1) is 7.79. The highest BCUT2D eigenvalue weighted by atomic mass is 16.3. The molecule has 1 unspecified atom stereocenters. The Morgan fingerprint density at radius 1 is 1.12 bits per heavy atom. The normalized spacial score (nSPS) is 12.6. The van der Waals surface area contributed by atoms with Crippen LogP contribution in [-0.2, 0) is 6.42 Å². The highest BCUT2D eigenvalue weighted by Crippen LogP contribution is 2.20. The highest BCUT2D eigenvalue weighted by Gasteiger charge is 2.02. The van der Waals surface area contributed by atoms with Gasteiger partial charge in [-0.1, -0.05) is 24.3 Å². The molecule has 0 spiro atoms. The van der Waals surface area contributed by atoms with Crippen LogP contribution in [0.3, 0.4) is 0 Å². The monoisotopic (exact) mass is 215 g/mol. The number of rotatable bonds is 4. The van der Waals surface area contributed by atoms with Crippen LogP contribution in [0, 0.1) is 0 Å². The van der Waals surface area contributed by atoms with Gasteiger partial charge in [0.2, 0.25) is 0 Å². The van der Waals surface area contributed by atoms with Gasteiger partial charge in [-0.05, 0) is 37.6 Å². The molecule has 16 heavy (non-hydrogen) atoms. The Bertz CT molecular complexity index is 417. The van der Waals surface area contributed by atoms with E-state index >= 15 is 0 Å². The maximum atomic E-state index is 5.07. The predicted octanol–water partition coefficient (Wildman–Crippen LogP) is 3.10. The molecule has 2 heteroatoms. The Hall–Kier alpha value is -1.54. The molecule has 1 aromatic carbocycles. The van der Waals surface area contributed by atoms with E-state index in [-0.39, 0.29) is 0 Å². The van der Waals surface area contributed by atoms with E-state index in [9.17, 15) is 0 Å². The van der Waals surface area contributed by atoms with E-state index in [4.69, 9.17) is 4.42 Å². The van der Waals surface area contributed by atoms with Gasteiger partial charge in [0.05, 0.1) is 12.5 Å². The molecule has 84 valence electrons. The molecule has 0 saturated carbocycles. The van der Waals surface area contributed by atoms with Crippen LogP contribution >= 0.6 is 0 Å². The van der Waals surface area contributed by atoms with Crippen molar-refractivity contribution >= 4 is 0 Å². The molecule has 1 N–H and O–H groups in total. The van der Waals surface area contributed by atoms with E-state index in [1.807, 2.05) is 13.1 Å². The molecule has 2 nitrogen and oxygen atoms in total. The van der Waals surface area contributed by atoms with Gasteiger partial charge < -0.3 is 9.73 Å². The SMILES string of the molecule is CNC(C)Cc1ccc(-c2ccoc2)cc1. The summed E-state index contributed by atoms with van der Waals surface area (Å²) in [6.07, 6.45) is 4.53. The van der Waals surface area contributed by atoms with E-state index in [1.165, 1.54) is 11.1 Å². The van der Waals surface area contributed by atoms with E-state index in [0.29, 0.717) is 6.04 Å². The van der Waals surface area contributed by atoms with Crippen molar-refractivity contribution in [3.8, 4) is 11.1 Å². The molecular weight excluding hydrogens is 198 g/mol. The quantitative estimate of drug-likeness (QED) is 0.847. The molecule has 0 saturated heterocycles. The number of hydrogen-bond donors (Lipinski definition) is 1. The molecular formula is C14H17NO. The van der Waals surface area contributed by atoms with Crippen LogP contribution in [-0.4, -0.2) is 13.1 Å². The summed E-state index contributed by atoms with van der Waals surface area (Å²) in [5.74, 6) is 0. The summed E-state index contributed by atoms with van der Waals surface area (Å²) in [5, 5.41) is 3.24. The molecule has 1 heterocycles. The second kappa shape index (κ2) is 4.99. The third kappa shape index (κ3) is 2.52. The first-order valence-electron chi connectivity index (χ1n) is 5.58. The van der Waals surface area contributed by atoms with Crippen LogP contribution in [0.15, 0.2) is 47.3 Å². The van der Waals surface area contributed by atoms with Crippen LogP contribution in [0.1, 0.15) is 12.5 Å². The summed E-state index contributed by atoms with van der Waals surface area (Å²) >= 11 is 0. The standard InChI is InChI=1S/C14H17NO/c1-11(15-2)9-12-3-5-13(6-4-12)14-7-8-16-10-14/h3-8,10-11,15H,9H2,1-2H3. The molecule has 0 radical (unpaired) electrons. The Balaban J connectivity index is 2.11. The summed E-state index contributed by atoms with van der Waals surface area (Å²) in [7, 11) is 1.99. The second-order valence-electron chi connectivity index (χ2n) is 4.10. The van der Waals surface area contributed by atoms with Crippen molar-refractivity contribution in [3.05, 3.63) is 48.4 Å². The molecule has 0 bridgehead atoms. The lowest BCUT2D eigenvalue weighted by molar-refractivity contribution is 0.568. The van der Waals surface area contributed by atoms with Crippen molar-refractivity contribution in [2.75, 3.05) is 7.05 Å². The largest absolute Gasteiger partial charge is 0.472 e. The van der Waals surface area contributed by atoms with Gasteiger partial charge in [-0.15, -0.1) is 0 Å². The maximum absolute atomic E-state index is 5.07. The molecule has 1 atom stereocenters. The minimum atomic E-state index is 0.514. The Labute approximate surface area is 96.3 Å². The van der Waals surface area contributed by atoms with E-state index < -0.39 is 0 Å². The topological polar surface area (TPSA) is 25.2 Å².